The summed E-state index contributed by atoms with van der Waals surface area (Å²) in [5.41, 5.74) is 0. The van der Waals surface area contributed by atoms with Gasteiger partial charge in [0, 0.05) is 6.92 Å². The third kappa shape index (κ3) is 12.9. The molecule has 0 aliphatic rings. The third-order valence-corrected chi connectivity index (χ3v) is 4.56. The van der Waals surface area contributed by atoms with E-state index >= 15 is 0 Å². The van der Waals surface area contributed by atoms with Gasteiger partial charge < -0.3 is 4.74 Å². The van der Waals surface area contributed by atoms with Crippen LogP contribution in [0.2, 0.25) is 0 Å². The summed E-state index contributed by atoms with van der Waals surface area (Å²) in [7, 11) is 0. The predicted octanol–water partition coefficient (Wildman–Crippen LogP) is 6.13. The van der Waals surface area contributed by atoms with Crippen molar-refractivity contribution in [3.63, 3.8) is 0 Å². The molecule has 0 aromatic rings. The highest BCUT2D eigenvalue weighted by atomic mass is 16.5. The van der Waals surface area contributed by atoms with Crippen molar-refractivity contribution in [3.05, 3.63) is 0 Å². The largest absolute Gasteiger partial charge is 0.463 e. The van der Waals surface area contributed by atoms with Gasteiger partial charge in [0.1, 0.15) is 6.10 Å². The molecule has 0 radical (unpaired) electrons. The van der Waals surface area contributed by atoms with Crippen LogP contribution in [-0.4, -0.2) is 12.1 Å². The number of unbranched alkanes of at least 4 members (excludes halogenated alkanes) is 5. The quantitative estimate of drug-likeness (QED) is 0.302. The van der Waals surface area contributed by atoms with Crippen LogP contribution in [0.25, 0.3) is 0 Å². The number of rotatable bonds is 13. The van der Waals surface area contributed by atoms with Crippen LogP contribution in [-0.2, 0) is 9.53 Å². The molecule has 2 nitrogen and oxygen atoms in total. The van der Waals surface area contributed by atoms with Gasteiger partial charge in [-0.2, -0.15) is 0 Å². The summed E-state index contributed by atoms with van der Waals surface area (Å²) in [6.07, 6.45) is 13.5. The Bertz CT molecular complexity index is 250. The number of carbonyl (C=O) groups excluding carboxylic acids is 1. The number of hydrogen-bond donors (Lipinski definition) is 0. The topological polar surface area (TPSA) is 26.3 Å². The molecule has 0 amide bonds. The first-order chi connectivity index (χ1) is 9.97. The molecule has 0 bridgehead atoms. The molecule has 21 heavy (non-hydrogen) atoms. The predicted molar refractivity (Wildman–Crippen MR) is 91.4 cm³/mol. The highest BCUT2D eigenvalue weighted by Gasteiger charge is 2.15. The van der Waals surface area contributed by atoms with Crippen LogP contribution in [0.5, 0.6) is 0 Å². The smallest absolute Gasteiger partial charge is 0.302 e. The maximum Gasteiger partial charge on any atom is 0.302 e. The highest BCUT2D eigenvalue weighted by molar-refractivity contribution is 5.66. The second-order valence-electron chi connectivity index (χ2n) is 6.88. The zero-order chi connectivity index (χ0) is 16.1. The van der Waals surface area contributed by atoms with Crippen LogP contribution in [0.1, 0.15) is 98.8 Å². The van der Waals surface area contributed by atoms with E-state index in [1.807, 2.05) is 6.92 Å². The Hall–Kier alpha value is -0.530. The summed E-state index contributed by atoms with van der Waals surface area (Å²) in [5.74, 6) is 1.15. The van der Waals surface area contributed by atoms with Crippen LogP contribution < -0.4 is 0 Å². The molecule has 0 spiro atoms. The van der Waals surface area contributed by atoms with Crippen LogP contribution in [0.15, 0.2) is 0 Å². The lowest BCUT2D eigenvalue weighted by Crippen LogP contribution is -2.20. The van der Waals surface area contributed by atoms with Gasteiger partial charge in [-0.3, -0.25) is 4.79 Å². The van der Waals surface area contributed by atoms with E-state index in [2.05, 4.69) is 20.8 Å². The first-order valence-corrected chi connectivity index (χ1v) is 9.14. The zero-order valence-corrected chi connectivity index (χ0v) is 15.1. The average molecular weight is 299 g/mol. The molecule has 2 heteroatoms. The Balaban J connectivity index is 3.51. The first kappa shape index (κ1) is 20.5. The van der Waals surface area contributed by atoms with Crippen LogP contribution in [0.4, 0.5) is 0 Å². The Labute approximate surface area is 133 Å². The minimum atomic E-state index is -0.161. The molecule has 0 aromatic carbocycles. The Morgan fingerprint density at radius 1 is 0.857 bits per heavy atom. The molecule has 0 aromatic heterocycles. The van der Waals surface area contributed by atoms with E-state index in [0.29, 0.717) is 5.92 Å². The fourth-order valence-electron chi connectivity index (χ4n) is 2.82. The molecule has 3 atom stereocenters. The van der Waals surface area contributed by atoms with Crippen molar-refractivity contribution in [2.24, 2.45) is 11.8 Å². The van der Waals surface area contributed by atoms with E-state index in [4.69, 9.17) is 4.74 Å². The summed E-state index contributed by atoms with van der Waals surface area (Å²) in [4.78, 5) is 10.9. The Morgan fingerprint density at radius 3 is 2.05 bits per heavy atom. The maximum atomic E-state index is 10.9. The van der Waals surface area contributed by atoms with Gasteiger partial charge >= 0.3 is 5.97 Å². The molecule has 0 N–H and O–H groups in total. The maximum absolute atomic E-state index is 10.9. The monoisotopic (exact) mass is 298 g/mol. The fourth-order valence-corrected chi connectivity index (χ4v) is 2.82. The van der Waals surface area contributed by atoms with Crippen molar-refractivity contribution in [2.45, 2.75) is 105 Å². The van der Waals surface area contributed by atoms with Crippen molar-refractivity contribution < 1.29 is 9.53 Å². The van der Waals surface area contributed by atoms with Crippen molar-refractivity contribution in [2.75, 3.05) is 0 Å². The molecule has 0 saturated heterocycles. The summed E-state index contributed by atoms with van der Waals surface area (Å²) < 4.78 is 5.24. The summed E-state index contributed by atoms with van der Waals surface area (Å²) in [5, 5.41) is 0. The molecule has 0 saturated carbocycles. The van der Waals surface area contributed by atoms with Crippen LogP contribution >= 0.6 is 0 Å². The van der Waals surface area contributed by atoms with E-state index in [1.54, 1.807) is 0 Å². The SMILES string of the molecule is CCCCCCCC[C@@H](C)CCC[C@H](C)[C@@H](C)OC(C)=O. The van der Waals surface area contributed by atoms with E-state index in [9.17, 15) is 4.79 Å². The van der Waals surface area contributed by atoms with Crippen molar-refractivity contribution >= 4 is 5.97 Å². The molecule has 0 heterocycles. The second kappa shape index (κ2) is 13.2. The molecule has 0 rings (SSSR count). The fraction of sp³-hybridized carbons (Fsp3) is 0.947. The summed E-state index contributed by atoms with van der Waals surface area (Å²) >= 11 is 0. The van der Waals surface area contributed by atoms with Gasteiger partial charge in [0.15, 0.2) is 0 Å². The average Bonchev–Trinajstić information content (AvgIpc) is 2.41. The second-order valence-corrected chi connectivity index (χ2v) is 6.88. The standard InChI is InChI=1S/C19H38O2/c1-6-7-8-9-10-11-13-16(2)14-12-15-17(3)18(4)21-19(5)20/h16-18H,6-15H2,1-5H3/t16-,17+,18-/m1/s1. The lowest BCUT2D eigenvalue weighted by Gasteiger charge is -2.20. The normalized spacial score (nSPS) is 15.5. The molecule has 126 valence electrons. The molecular weight excluding hydrogens is 260 g/mol. The summed E-state index contributed by atoms with van der Waals surface area (Å²) in [6.45, 7) is 10.3. The van der Waals surface area contributed by atoms with E-state index in [0.717, 1.165) is 12.3 Å². The minimum absolute atomic E-state index is 0.0522. The van der Waals surface area contributed by atoms with Crippen molar-refractivity contribution in [1.82, 2.24) is 0 Å². The number of esters is 1. The van der Waals surface area contributed by atoms with Gasteiger partial charge in [0.2, 0.25) is 0 Å². The number of carbonyl (C=O) groups is 1. The molecule has 0 aliphatic heterocycles. The third-order valence-electron chi connectivity index (χ3n) is 4.56. The van der Waals surface area contributed by atoms with E-state index in [-0.39, 0.29) is 12.1 Å². The first-order valence-electron chi connectivity index (χ1n) is 9.14. The minimum Gasteiger partial charge on any atom is -0.463 e. The Kier molecular flexibility index (Phi) is 12.8. The van der Waals surface area contributed by atoms with Gasteiger partial charge in [-0.05, 0) is 25.2 Å². The Morgan fingerprint density at radius 2 is 1.43 bits per heavy atom. The molecule has 0 aliphatic carbocycles. The lowest BCUT2D eigenvalue weighted by molar-refractivity contribution is -0.147. The summed E-state index contributed by atoms with van der Waals surface area (Å²) in [6, 6.07) is 0. The zero-order valence-electron chi connectivity index (χ0n) is 15.1. The van der Waals surface area contributed by atoms with Crippen molar-refractivity contribution in [3.8, 4) is 0 Å². The van der Waals surface area contributed by atoms with Crippen LogP contribution in [0, 0.1) is 11.8 Å². The van der Waals surface area contributed by atoms with Gasteiger partial charge in [-0.15, -0.1) is 0 Å². The van der Waals surface area contributed by atoms with Gasteiger partial charge in [-0.25, -0.2) is 0 Å². The van der Waals surface area contributed by atoms with Gasteiger partial charge in [0.25, 0.3) is 0 Å². The van der Waals surface area contributed by atoms with Crippen molar-refractivity contribution in [1.29, 1.82) is 0 Å². The lowest BCUT2D eigenvalue weighted by atomic mass is 9.92. The molecular formula is C19H38O2. The number of ether oxygens (including phenoxy) is 1. The van der Waals surface area contributed by atoms with E-state index < -0.39 is 0 Å². The van der Waals surface area contributed by atoms with Gasteiger partial charge in [0.05, 0.1) is 0 Å². The highest BCUT2D eigenvalue weighted by Crippen LogP contribution is 2.21. The number of hydrogen-bond acceptors (Lipinski definition) is 2. The molecule has 0 fully saturated rings. The van der Waals surface area contributed by atoms with Crippen LogP contribution in [0.3, 0.4) is 0 Å². The molecule has 0 unspecified atom stereocenters. The van der Waals surface area contributed by atoms with E-state index in [1.165, 1.54) is 64.7 Å². The van der Waals surface area contributed by atoms with Gasteiger partial charge in [-0.1, -0.05) is 78.6 Å².